The zero-order valence-electron chi connectivity index (χ0n) is 20.8. The summed E-state index contributed by atoms with van der Waals surface area (Å²) >= 11 is 0. The Kier molecular flexibility index (Phi) is 6.33. The molecule has 5 rings (SSSR count). The topological polar surface area (TPSA) is 69.0 Å². The fraction of sp³-hybridized carbons (Fsp3) is 0.333. The highest BCUT2D eigenvalue weighted by Crippen LogP contribution is 2.28. The van der Waals surface area contributed by atoms with Gasteiger partial charge >= 0.3 is 0 Å². The van der Waals surface area contributed by atoms with Crippen molar-refractivity contribution in [3.8, 4) is 0 Å². The van der Waals surface area contributed by atoms with Crippen LogP contribution in [-0.2, 0) is 6.42 Å². The van der Waals surface area contributed by atoms with Crippen LogP contribution in [0.5, 0.6) is 0 Å². The summed E-state index contributed by atoms with van der Waals surface area (Å²) in [4.78, 5) is 36.6. The lowest BCUT2D eigenvalue weighted by molar-refractivity contribution is 0.679. The van der Waals surface area contributed by atoms with Crippen LogP contribution >= 0.6 is 0 Å². The zero-order chi connectivity index (χ0) is 24.5. The highest BCUT2D eigenvalue weighted by molar-refractivity contribution is 6.05. The van der Waals surface area contributed by atoms with Crippen LogP contribution in [-0.4, -0.2) is 23.1 Å². The summed E-state index contributed by atoms with van der Waals surface area (Å²) in [5, 5.41) is 2.62. The Bertz CT molecular complexity index is 1650. The molecule has 0 aliphatic carbocycles. The van der Waals surface area contributed by atoms with Gasteiger partial charge in [0.1, 0.15) is 0 Å². The van der Waals surface area contributed by atoms with E-state index in [-0.39, 0.29) is 10.9 Å². The molecule has 2 heterocycles. The van der Waals surface area contributed by atoms with Gasteiger partial charge in [-0.05, 0) is 55.2 Å². The van der Waals surface area contributed by atoms with Gasteiger partial charge in [-0.2, -0.15) is 0 Å². The van der Waals surface area contributed by atoms with E-state index in [1.165, 1.54) is 0 Å². The number of aromatic amines is 2. The number of para-hydroxylation sites is 1. The molecule has 180 valence electrons. The number of nitrogens with zero attached hydrogens (tertiary/aromatic N) is 1. The summed E-state index contributed by atoms with van der Waals surface area (Å²) in [7, 11) is 0. The predicted octanol–water partition coefficient (Wildman–Crippen LogP) is 6.65. The molecule has 0 aliphatic heterocycles. The molecule has 0 aliphatic rings. The summed E-state index contributed by atoms with van der Waals surface area (Å²) in [6.07, 6.45) is 5.23. The number of aryl methyl sites for hydroxylation is 1. The van der Waals surface area contributed by atoms with Crippen LogP contribution in [0.25, 0.3) is 43.6 Å². The van der Waals surface area contributed by atoms with E-state index in [1.807, 2.05) is 42.5 Å². The summed E-state index contributed by atoms with van der Waals surface area (Å²) in [6, 6.07) is 15.6. The van der Waals surface area contributed by atoms with E-state index >= 15 is 0 Å². The normalized spacial score (nSPS) is 11.7. The van der Waals surface area contributed by atoms with E-state index in [0.29, 0.717) is 27.2 Å². The van der Waals surface area contributed by atoms with Gasteiger partial charge in [0.25, 0.3) is 0 Å². The van der Waals surface area contributed by atoms with E-state index in [9.17, 15) is 9.59 Å². The summed E-state index contributed by atoms with van der Waals surface area (Å²) < 4.78 is 0. The second-order valence-corrected chi connectivity index (χ2v) is 9.44. The first-order chi connectivity index (χ1) is 17.1. The maximum atomic E-state index is 13.7. The molecule has 5 aromatic rings. The number of H-pyrrole nitrogens is 2. The Morgan fingerprint density at radius 2 is 1.37 bits per heavy atom. The Morgan fingerprint density at radius 3 is 2.06 bits per heavy atom. The fourth-order valence-electron chi connectivity index (χ4n) is 5.18. The van der Waals surface area contributed by atoms with Gasteiger partial charge in [-0.3, -0.25) is 9.59 Å². The van der Waals surface area contributed by atoms with E-state index in [2.05, 4.69) is 41.7 Å². The molecule has 0 radical (unpaired) electrons. The van der Waals surface area contributed by atoms with E-state index in [4.69, 9.17) is 0 Å². The van der Waals surface area contributed by atoms with E-state index in [1.54, 1.807) is 0 Å². The van der Waals surface area contributed by atoms with Gasteiger partial charge in [-0.25, -0.2) is 0 Å². The molecule has 0 unspecified atom stereocenters. The van der Waals surface area contributed by atoms with Crippen molar-refractivity contribution in [2.45, 2.75) is 52.9 Å². The van der Waals surface area contributed by atoms with Crippen molar-refractivity contribution in [1.82, 2.24) is 9.97 Å². The maximum Gasteiger partial charge on any atom is 0.197 e. The van der Waals surface area contributed by atoms with E-state index in [0.717, 1.165) is 72.9 Å². The van der Waals surface area contributed by atoms with E-state index < -0.39 is 0 Å². The number of nitrogens with one attached hydrogen (secondary N) is 2. The number of anilines is 1. The minimum atomic E-state index is -0.00770. The zero-order valence-corrected chi connectivity index (χ0v) is 20.8. The van der Waals surface area contributed by atoms with Crippen molar-refractivity contribution in [2.75, 3.05) is 18.0 Å². The number of hydrogen-bond acceptors (Lipinski definition) is 3. The number of aromatic nitrogens is 2. The lowest BCUT2D eigenvalue weighted by atomic mass is 10.0. The average molecular weight is 468 g/mol. The fourth-order valence-corrected chi connectivity index (χ4v) is 5.18. The van der Waals surface area contributed by atoms with Gasteiger partial charge in [0.2, 0.25) is 0 Å². The van der Waals surface area contributed by atoms with Crippen molar-refractivity contribution in [3.63, 3.8) is 0 Å². The molecule has 0 bridgehead atoms. The van der Waals surface area contributed by atoms with Crippen molar-refractivity contribution >= 4 is 49.3 Å². The van der Waals surface area contributed by atoms with Crippen molar-refractivity contribution in [2.24, 2.45) is 0 Å². The largest absolute Gasteiger partial charge is 0.370 e. The number of pyridine rings is 2. The highest BCUT2D eigenvalue weighted by Gasteiger charge is 2.16. The van der Waals surface area contributed by atoms with Gasteiger partial charge in [0, 0.05) is 34.6 Å². The molecule has 5 heteroatoms. The van der Waals surface area contributed by atoms with Crippen LogP contribution in [0, 0.1) is 0 Å². The smallest absolute Gasteiger partial charge is 0.197 e. The lowest BCUT2D eigenvalue weighted by Crippen LogP contribution is -2.26. The quantitative estimate of drug-likeness (QED) is 0.251. The van der Waals surface area contributed by atoms with Crippen LogP contribution < -0.4 is 15.8 Å². The number of fused-ring (bicyclic) bond motifs is 4. The Balaban J connectivity index is 1.80. The van der Waals surface area contributed by atoms with Gasteiger partial charge in [0.05, 0.1) is 27.8 Å². The van der Waals surface area contributed by atoms with Gasteiger partial charge in [-0.1, -0.05) is 51.8 Å². The standard InChI is InChI=1S/C30H33N3O2/c1-4-7-15-33(16-8-5-2)26-14-10-12-20-28(26)32-25-18-22-24(17-21(25)29(20)34)31-23-13-9-11-19(6-3)27(23)30(22)35/h9-14,17-18H,4-8,15-16H2,1-3H3,(H,31,35)(H,32,34). The van der Waals surface area contributed by atoms with Crippen LogP contribution in [0.3, 0.4) is 0 Å². The number of hydrogen-bond donors (Lipinski definition) is 2. The molecule has 2 N–H and O–H groups in total. The Hall–Kier alpha value is -3.60. The number of rotatable bonds is 8. The molecular formula is C30H33N3O2. The molecule has 35 heavy (non-hydrogen) atoms. The molecule has 0 saturated carbocycles. The Labute approximate surface area is 204 Å². The van der Waals surface area contributed by atoms with Crippen molar-refractivity contribution in [1.29, 1.82) is 0 Å². The first-order valence-electron chi connectivity index (χ1n) is 12.9. The molecule has 0 saturated heterocycles. The highest BCUT2D eigenvalue weighted by atomic mass is 16.1. The predicted molar refractivity (Wildman–Crippen MR) is 149 cm³/mol. The van der Waals surface area contributed by atoms with Gasteiger partial charge < -0.3 is 14.9 Å². The van der Waals surface area contributed by atoms with Crippen LogP contribution in [0.4, 0.5) is 5.69 Å². The molecule has 3 aromatic carbocycles. The first kappa shape index (κ1) is 23.2. The van der Waals surface area contributed by atoms with Crippen molar-refractivity contribution < 1.29 is 0 Å². The number of benzene rings is 3. The summed E-state index contributed by atoms with van der Waals surface area (Å²) in [5.41, 5.74) is 5.14. The molecule has 2 aromatic heterocycles. The summed E-state index contributed by atoms with van der Waals surface area (Å²) in [6.45, 7) is 8.38. The molecule has 0 spiro atoms. The van der Waals surface area contributed by atoms with Crippen LogP contribution in [0.15, 0.2) is 58.1 Å². The SMILES string of the molecule is CCCCN(CCCC)c1cccc2c(=O)c3cc4[nH]c5cccc(CC)c5c(=O)c4cc3[nH]c12. The molecular weight excluding hydrogens is 434 g/mol. The average Bonchev–Trinajstić information content (AvgIpc) is 2.88. The Morgan fingerprint density at radius 1 is 0.714 bits per heavy atom. The first-order valence-corrected chi connectivity index (χ1v) is 12.9. The number of unbranched alkanes of at least 4 members (excludes halogenated alkanes) is 2. The lowest BCUT2D eigenvalue weighted by Gasteiger charge is -2.26. The third-order valence-electron chi connectivity index (χ3n) is 7.13. The molecule has 0 fully saturated rings. The van der Waals surface area contributed by atoms with Crippen LogP contribution in [0.2, 0.25) is 0 Å². The van der Waals surface area contributed by atoms with Gasteiger partial charge in [0.15, 0.2) is 10.9 Å². The van der Waals surface area contributed by atoms with Crippen LogP contribution in [0.1, 0.15) is 52.0 Å². The summed E-state index contributed by atoms with van der Waals surface area (Å²) in [5.74, 6) is 0. The maximum absolute atomic E-state index is 13.7. The second kappa shape index (κ2) is 9.57. The van der Waals surface area contributed by atoms with Gasteiger partial charge in [-0.15, -0.1) is 0 Å². The molecule has 0 amide bonds. The second-order valence-electron chi connectivity index (χ2n) is 9.44. The third-order valence-corrected chi connectivity index (χ3v) is 7.13. The third kappa shape index (κ3) is 3.99. The minimum Gasteiger partial charge on any atom is -0.370 e. The van der Waals surface area contributed by atoms with Crippen molar-refractivity contribution in [3.05, 3.63) is 74.5 Å². The monoisotopic (exact) mass is 467 g/mol. The molecule has 5 nitrogen and oxygen atoms in total. The minimum absolute atomic E-state index is 0.00770. The molecule has 0 atom stereocenters.